The fourth-order valence-electron chi connectivity index (χ4n) is 7.99. The van der Waals surface area contributed by atoms with Crippen molar-refractivity contribution in [2.75, 3.05) is 0 Å². The predicted molar refractivity (Wildman–Crippen MR) is 242 cm³/mol. The normalized spacial score (nSPS) is 11.4. The summed E-state index contributed by atoms with van der Waals surface area (Å²) in [5.41, 5.74) is 17.5. The molecule has 0 spiro atoms. The smallest absolute Gasteiger partial charge is 0.160 e. The fraction of sp³-hybridized carbons (Fsp3) is 0. The number of aromatic nitrogens is 5. The first-order valence-electron chi connectivity index (χ1n) is 19.8. The van der Waals surface area contributed by atoms with Crippen LogP contribution in [0.1, 0.15) is 0 Å². The number of nitrogens with zero attached hydrogens (tertiary/aromatic N) is 5. The zero-order valence-electron chi connectivity index (χ0n) is 31.9. The molecule has 5 heteroatoms. The van der Waals surface area contributed by atoms with Gasteiger partial charge < -0.3 is 0 Å². The Labute approximate surface area is 341 Å². The van der Waals surface area contributed by atoms with Crippen LogP contribution in [0.15, 0.2) is 212 Å². The Kier molecular flexibility index (Phi) is 8.41. The van der Waals surface area contributed by atoms with E-state index in [0.29, 0.717) is 5.82 Å². The van der Waals surface area contributed by atoms with Crippen LogP contribution in [-0.2, 0) is 0 Å². The quantitative estimate of drug-likeness (QED) is 0.163. The maximum atomic E-state index is 5.16. The highest BCUT2D eigenvalue weighted by molar-refractivity contribution is 6.09. The summed E-state index contributed by atoms with van der Waals surface area (Å²) < 4.78 is 2.14. The lowest BCUT2D eigenvalue weighted by atomic mass is 9.99. The molecule has 11 aromatic rings. The number of imidazole rings is 1. The highest BCUT2D eigenvalue weighted by Crippen LogP contribution is 2.35. The van der Waals surface area contributed by atoms with Crippen LogP contribution in [0.25, 0.3) is 106 Å². The van der Waals surface area contributed by atoms with Crippen LogP contribution in [0.4, 0.5) is 0 Å². The van der Waals surface area contributed by atoms with Crippen molar-refractivity contribution in [2.45, 2.75) is 0 Å². The van der Waals surface area contributed by atoms with Crippen molar-refractivity contribution in [1.29, 1.82) is 0 Å². The van der Waals surface area contributed by atoms with Crippen LogP contribution in [0.2, 0.25) is 0 Å². The average molecular weight is 754 g/mol. The van der Waals surface area contributed by atoms with Crippen LogP contribution in [0, 0.1) is 0 Å². The summed E-state index contributed by atoms with van der Waals surface area (Å²) in [5.74, 6) is 0.686. The van der Waals surface area contributed by atoms with E-state index in [9.17, 15) is 0 Å². The zero-order chi connectivity index (χ0) is 39.1. The van der Waals surface area contributed by atoms with E-state index in [0.717, 1.165) is 83.6 Å². The molecule has 276 valence electrons. The van der Waals surface area contributed by atoms with Crippen molar-refractivity contribution in [3.63, 3.8) is 0 Å². The molecule has 0 bridgehead atoms. The van der Waals surface area contributed by atoms with E-state index in [1.54, 1.807) is 0 Å². The van der Waals surface area contributed by atoms with E-state index in [-0.39, 0.29) is 0 Å². The van der Waals surface area contributed by atoms with Crippen LogP contribution in [0.3, 0.4) is 0 Å². The maximum Gasteiger partial charge on any atom is 0.160 e. The Morgan fingerprint density at radius 2 is 0.763 bits per heavy atom. The summed E-state index contributed by atoms with van der Waals surface area (Å²) in [4.78, 5) is 20.5. The first-order chi connectivity index (χ1) is 29.2. The second-order valence-electron chi connectivity index (χ2n) is 14.7. The van der Waals surface area contributed by atoms with Gasteiger partial charge >= 0.3 is 0 Å². The molecule has 0 saturated heterocycles. The number of hydrogen-bond donors (Lipinski definition) is 0. The third-order valence-electron chi connectivity index (χ3n) is 11.1. The summed E-state index contributed by atoms with van der Waals surface area (Å²) >= 11 is 0. The average Bonchev–Trinajstić information content (AvgIpc) is 3.72. The molecule has 0 saturated carbocycles. The predicted octanol–water partition coefficient (Wildman–Crippen LogP) is 13.5. The highest BCUT2D eigenvalue weighted by atomic mass is 15.0. The molecule has 59 heavy (non-hydrogen) atoms. The SMILES string of the molecule is c1ccc(-c2ccc(-c3cc(-c4ccc(-c5ccc(-c6nc7ccccc7c7nc8ccccn8c67)cc5)cc4)nc(-c4ccc(-c5ccccc5)cc4)n3)cc2)cc1. The van der Waals surface area contributed by atoms with Gasteiger partial charge in [0, 0.05) is 33.8 Å². The van der Waals surface area contributed by atoms with Gasteiger partial charge in [-0.05, 0) is 57.6 Å². The summed E-state index contributed by atoms with van der Waals surface area (Å²) in [6.45, 7) is 0. The van der Waals surface area contributed by atoms with Gasteiger partial charge in [-0.1, -0.05) is 182 Å². The van der Waals surface area contributed by atoms with Crippen molar-refractivity contribution in [3.8, 4) is 78.5 Å². The molecule has 0 radical (unpaired) electrons. The Morgan fingerprint density at radius 1 is 0.322 bits per heavy atom. The zero-order valence-corrected chi connectivity index (χ0v) is 31.9. The molecule has 0 N–H and O–H groups in total. The minimum Gasteiger partial charge on any atom is -0.298 e. The molecule has 0 aliphatic rings. The van der Waals surface area contributed by atoms with Gasteiger partial charge in [-0.3, -0.25) is 4.40 Å². The van der Waals surface area contributed by atoms with Crippen molar-refractivity contribution < 1.29 is 0 Å². The molecule has 4 aromatic heterocycles. The highest BCUT2D eigenvalue weighted by Gasteiger charge is 2.17. The number of hydrogen-bond acceptors (Lipinski definition) is 4. The van der Waals surface area contributed by atoms with E-state index in [2.05, 4.69) is 174 Å². The van der Waals surface area contributed by atoms with Crippen LogP contribution in [-0.4, -0.2) is 24.3 Å². The van der Waals surface area contributed by atoms with Crippen molar-refractivity contribution in [1.82, 2.24) is 24.3 Å². The molecule has 0 unspecified atom stereocenters. The van der Waals surface area contributed by atoms with Gasteiger partial charge in [-0.2, -0.15) is 0 Å². The molecular formula is C54H35N5. The number of fused-ring (bicyclic) bond motifs is 5. The van der Waals surface area contributed by atoms with E-state index in [1.165, 1.54) is 16.7 Å². The van der Waals surface area contributed by atoms with Gasteiger partial charge in [0.15, 0.2) is 5.82 Å². The fourth-order valence-corrected chi connectivity index (χ4v) is 7.99. The first-order valence-corrected chi connectivity index (χ1v) is 19.8. The largest absolute Gasteiger partial charge is 0.298 e. The molecule has 11 rings (SSSR count). The minimum absolute atomic E-state index is 0.686. The molecule has 5 nitrogen and oxygen atoms in total. The first kappa shape index (κ1) is 34.2. The Hall–Kier alpha value is -8.02. The lowest BCUT2D eigenvalue weighted by molar-refractivity contribution is 1.18. The number of benzene rings is 7. The number of para-hydroxylation sites is 1. The molecule has 4 heterocycles. The van der Waals surface area contributed by atoms with Crippen molar-refractivity contribution >= 4 is 27.6 Å². The standard InChI is InChI=1S/C54H35N5/c1-3-11-36(12-4-1)38-18-26-42(27-19-38)48-35-49(57-54(56-48)45-32-24-39(25-33-45)37-13-5-2-6-14-37)43-28-20-40(21-29-43)41-22-30-44(31-23-41)51-53-52(46-15-7-8-16-47(46)55-51)58-50-17-9-10-34-59(50)53/h1-35H. The number of rotatable bonds is 7. The van der Waals surface area contributed by atoms with E-state index in [4.69, 9.17) is 19.9 Å². The molecule has 0 fully saturated rings. The van der Waals surface area contributed by atoms with Crippen molar-refractivity contribution in [3.05, 3.63) is 212 Å². The molecule has 0 aliphatic heterocycles. The van der Waals surface area contributed by atoms with Gasteiger partial charge in [0.25, 0.3) is 0 Å². The van der Waals surface area contributed by atoms with Gasteiger partial charge in [0.2, 0.25) is 0 Å². The van der Waals surface area contributed by atoms with E-state index >= 15 is 0 Å². The lowest BCUT2D eigenvalue weighted by Gasteiger charge is -2.11. The Bertz CT molecular complexity index is 3160. The Balaban J connectivity index is 0.940. The maximum absolute atomic E-state index is 5.16. The van der Waals surface area contributed by atoms with Gasteiger partial charge in [0.1, 0.15) is 11.2 Å². The number of pyridine rings is 2. The topological polar surface area (TPSA) is 56.0 Å². The monoisotopic (exact) mass is 753 g/mol. The van der Waals surface area contributed by atoms with E-state index < -0.39 is 0 Å². The summed E-state index contributed by atoms with van der Waals surface area (Å²) in [6, 6.07) is 71.8. The third kappa shape index (κ3) is 6.41. The summed E-state index contributed by atoms with van der Waals surface area (Å²) in [7, 11) is 0. The second kappa shape index (κ2) is 14.5. The van der Waals surface area contributed by atoms with Crippen LogP contribution in [0.5, 0.6) is 0 Å². The van der Waals surface area contributed by atoms with Gasteiger partial charge in [0.05, 0.1) is 28.1 Å². The second-order valence-corrected chi connectivity index (χ2v) is 14.7. The van der Waals surface area contributed by atoms with Crippen LogP contribution < -0.4 is 0 Å². The summed E-state index contributed by atoms with van der Waals surface area (Å²) in [5, 5.41) is 1.05. The molecule has 7 aromatic carbocycles. The van der Waals surface area contributed by atoms with Gasteiger partial charge in [-0.15, -0.1) is 0 Å². The van der Waals surface area contributed by atoms with Crippen molar-refractivity contribution in [2.24, 2.45) is 0 Å². The molecule has 0 atom stereocenters. The lowest BCUT2D eigenvalue weighted by Crippen LogP contribution is -1.96. The summed E-state index contributed by atoms with van der Waals surface area (Å²) in [6.07, 6.45) is 2.06. The molecular weight excluding hydrogens is 719 g/mol. The van der Waals surface area contributed by atoms with E-state index in [1.807, 2.05) is 42.5 Å². The van der Waals surface area contributed by atoms with Gasteiger partial charge in [-0.25, -0.2) is 19.9 Å². The molecule has 0 aliphatic carbocycles. The third-order valence-corrected chi connectivity index (χ3v) is 11.1. The molecule has 0 amide bonds. The van der Waals surface area contributed by atoms with Crippen LogP contribution >= 0.6 is 0 Å². The Morgan fingerprint density at radius 3 is 1.32 bits per heavy atom. The minimum atomic E-state index is 0.686.